The van der Waals surface area contributed by atoms with Gasteiger partial charge < -0.3 is 16.4 Å². The number of carbonyl (C=O) groups is 1. The van der Waals surface area contributed by atoms with Crippen LogP contribution < -0.4 is 11.5 Å². The first-order valence-corrected chi connectivity index (χ1v) is 7.34. The Morgan fingerprint density at radius 3 is 2.65 bits per heavy atom. The Bertz CT molecular complexity index is 477. The zero-order chi connectivity index (χ0) is 14.5. The summed E-state index contributed by atoms with van der Waals surface area (Å²) in [6, 6.07) is 10.0. The average Bonchev–Trinajstić information content (AvgIpc) is 2.45. The first-order chi connectivity index (χ1) is 9.58. The molecule has 2 atom stereocenters. The third-order valence-corrected chi connectivity index (χ3v) is 4.18. The van der Waals surface area contributed by atoms with Gasteiger partial charge in [0.1, 0.15) is 0 Å². The number of hydrogen-bond acceptors (Lipinski definition) is 3. The first kappa shape index (κ1) is 14.9. The smallest absolute Gasteiger partial charge is 0.221 e. The highest BCUT2D eigenvalue weighted by Crippen LogP contribution is 2.22. The monoisotopic (exact) mass is 291 g/mol. The third kappa shape index (κ3) is 3.77. The van der Waals surface area contributed by atoms with E-state index in [9.17, 15) is 4.79 Å². The van der Waals surface area contributed by atoms with E-state index in [0.29, 0.717) is 11.5 Å². The van der Waals surface area contributed by atoms with Crippen LogP contribution in [0.5, 0.6) is 0 Å². The Morgan fingerprint density at radius 2 is 2.05 bits per heavy atom. The largest absolute Gasteiger partial charge is 0.393 e. The Morgan fingerprint density at radius 1 is 1.35 bits per heavy atom. The molecule has 1 amide bonds. The van der Waals surface area contributed by atoms with E-state index in [2.05, 4.69) is 4.90 Å². The van der Waals surface area contributed by atoms with Crippen LogP contribution in [0.25, 0.3) is 0 Å². The van der Waals surface area contributed by atoms with E-state index < -0.39 is 0 Å². The second-order valence-electron chi connectivity index (χ2n) is 5.37. The number of amides is 1. The van der Waals surface area contributed by atoms with Gasteiger partial charge in [0, 0.05) is 19.0 Å². The summed E-state index contributed by atoms with van der Waals surface area (Å²) in [7, 11) is 0. The molecule has 1 saturated heterocycles. The van der Waals surface area contributed by atoms with E-state index in [1.165, 1.54) is 0 Å². The Hall–Kier alpha value is -1.46. The molecule has 1 fully saturated rings. The summed E-state index contributed by atoms with van der Waals surface area (Å²) in [5, 5.41) is 0. The van der Waals surface area contributed by atoms with E-state index in [4.69, 9.17) is 23.7 Å². The van der Waals surface area contributed by atoms with Crippen LogP contribution in [0.4, 0.5) is 0 Å². The predicted octanol–water partition coefficient (Wildman–Crippen LogP) is 1.25. The lowest BCUT2D eigenvalue weighted by Crippen LogP contribution is -2.44. The minimum absolute atomic E-state index is 0.0258. The Kier molecular flexibility index (Phi) is 5.09. The zero-order valence-corrected chi connectivity index (χ0v) is 12.3. The molecule has 1 heterocycles. The van der Waals surface area contributed by atoms with Crippen molar-refractivity contribution in [3.8, 4) is 0 Å². The number of thiocarbonyl (C=S) groups is 1. The van der Waals surface area contributed by atoms with Gasteiger partial charge in [-0.15, -0.1) is 0 Å². The van der Waals surface area contributed by atoms with Gasteiger partial charge in [-0.2, -0.15) is 0 Å². The molecule has 0 aromatic heterocycles. The average molecular weight is 291 g/mol. The van der Waals surface area contributed by atoms with Gasteiger partial charge in [-0.25, -0.2) is 0 Å². The molecule has 20 heavy (non-hydrogen) atoms. The molecular weight excluding hydrogens is 270 g/mol. The topological polar surface area (TPSA) is 72.4 Å². The first-order valence-electron chi connectivity index (χ1n) is 6.94. The van der Waals surface area contributed by atoms with Crippen molar-refractivity contribution in [3.63, 3.8) is 0 Å². The lowest BCUT2D eigenvalue weighted by molar-refractivity contribution is -0.123. The van der Waals surface area contributed by atoms with Gasteiger partial charge in [0.2, 0.25) is 5.91 Å². The fraction of sp³-hybridized carbons (Fsp3) is 0.467. The molecule has 0 saturated carbocycles. The summed E-state index contributed by atoms with van der Waals surface area (Å²) in [5.41, 5.74) is 12.4. The molecule has 4 nitrogen and oxygen atoms in total. The van der Waals surface area contributed by atoms with Crippen LogP contribution in [0.3, 0.4) is 0 Å². The van der Waals surface area contributed by atoms with E-state index >= 15 is 0 Å². The maximum absolute atomic E-state index is 11.3. The van der Waals surface area contributed by atoms with Crippen molar-refractivity contribution in [2.75, 3.05) is 19.6 Å². The van der Waals surface area contributed by atoms with E-state index in [-0.39, 0.29) is 17.7 Å². The van der Waals surface area contributed by atoms with Crippen molar-refractivity contribution in [3.05, 3.63) is 35.9 Å². The summed E-state index contributed by atoms with van der Waals surface area (Å²) >= 11 is 5.21. The SMILES string of the molecule is NC(=O)C1CCCN(CC(C(N)=S)c2ccccc2)C1. The minimum atomic E-state index is -0.207. The Balaban J connectivity index is 2.05. The fourth-order valence-electron chi connectivity index (χ4n) is 2.76. The standard InChI is InChI=1S/C15H21N3OS/c16-14(19)12-7-4-8-18(9-12)10-13(15(17)20)11-5-2-1-3-6-11/h1-3,5-6,12-13H,4,7-10H2,(H2,16,19)(H2,17,20). The third-order valence-electron chi connectivity index (χ3n) is 3.89. The highest BCUT2D eigenvalue weighted by molar-refractivity contribution is 7.80. The molecule has 0 radical (unpaired) electrons. The number of likely N-dealkylation sites (tertiary alicyclic amines) is 1. The van der Waals surface area contributed by atoms with Gasteiger partial charge in [-0.05, 0) is 24.9 Å². The number of primary amides is 1. The number of piperidine rings is 1. The van der Waals surface area contributed by atoms with Crippen LogP contribution in [0.2, 0.25) is 0 Å². The number of nitrogens with zero attached hydrogens (tertiary/aromatic N) is 1. The maximum atomic E-state index is 11.3. The van der Waals surface area contributed by atoms with Gasteiger partial charge in [0.15, 0.2) is 0 Å². The summed E-state index contributed by atoms with van der Waals surface area (Å²) in [4.78, 5) is 14.1. The van der Waals surface area contributed by atoms with E-state index in [1.54, 1.807) is 0 Å². The van der Waals surface area contributed by atoms with Gasteiger partial charge in [0.25, 0.3) is 0 Å². The van der Waals surface area contributed by atoms with Gasteiger partial charge in [-0.3, -0.25) is 4.79 Å². The second kappa shape index (κ2) is 6.81. The van der Waals surface area contributed by atoms with Crippen molar-refractivity contribution >= 4 is 23.1 Å². The van der Waals surface area contributed by atoms with Gasteiger partial charge in [0.05, 0.1) is 10.9 Å². The van der Waals surface area contributed by atoms with Gasteiger partial charge in [-0.1, -0.05) is 42.5 Å². The van der Waals surface area contributed by atoms with Crippen LogP contribution in [-0.2, 0) is 4.79 Å². The van der Waals surface area contributed by atoms with Crippen LogP contribution in [0.1, 0.15) is 24.3 Å². The van der Waals surface area contributed by atoms with Crippen LogP contribution in [-0.4, -0.2) is 35.4 Å². The highest BCUT2D eigenvalue weighted by atomic mass is 32.1. The second-order valence-corrected chi connectivity index (χ2v) is 5.84. The lowest BCUT2D eigenvalue weighted by Gasteiger charge is -2.33. The number of nitrogens with two attached hydrogens (primary N) is 2. The summed E-state index contributed by atoms with van der Waals surface area (Å²) in [5.74, 6) is -0.231. The fourth-order valence-corrected chi connectivity index (χ4v) is 2.97. The molecular formula is C15H21N3OS. The molecule has 5 heteroatoms. The van der Waals surface area contributed by atoms with Crippen molar-refractivity contribution in [2.45, 2.75) is 18.8 Å². The molecule has 1 aliphatic heterocycles. The van der Waals surface area contributed by atoms with Crippen molar-refractivity contribution < 1.29 is 4.79 Å². The molecule has 1 aromatic carbocycles. The molecule has 1 aliphatic rings. The van der Waals surface area contributed by atoms with Crippen LogP contribution in [0, 0.1) is 5.92 Å². The number of carbonyl (C=O) groups excluding carboxylic acids is 1. The molecule has 2 rings (SSSR count). The van der Waals surface area contributed by atoms with Crippen molar-refractivity contribution in [1.82, 2.24) is 4.90 Å². The van der Waals surface area contributed by atoms with Crippen molar-refractivity contribution in [1.29, 1.82) is 0 Å². The Labute approximate surface area is 125 Å². The summed E-state index contributed by atoms with van der Waals surface area (Å²) in [6.07, 6.45) is 1.88. The molecule has 0 aliphatic carbocycles. The molecule has 2 unspecified atom stereocenters. The van der Waals surface area contributed by atoms with Crippen molar-refractivity contribution in [2.24, 2.45) is 17.4 Å². The highest BCUT2D eigenvalue weighted by Gasteiger charge is 2.26. The quantitative estimate of drug-likeness (QED) is 0.801. The predicted molar refractivity (Wildman–Crippen MR) is 84.3 cm³/mol. The minimum Gasteiger partial charge on any atom is -0.393 e. The van der Waals surface area contributed by atoms with Crippen LogP contribution >= 0.6 is 12.2 Å². The molecule has 0 spiro atoms. The maximum Gasteiger partial charge on any atom is 0.221 e. The molecule has 4 N–H and O–H groups in total. The van der Waals surface area contributed by atoms with E-state index in [0.717, 1.165) is 31.5 Å². The number of rotatable bonds is 5. The number of benzene rings is 1. The normalized spacial score (nSPS) is 21.3. The van der Waals surface area contributed by atoms with E-state index in [1.807, 2.05) is 30.3 Å². The molecule has 0 bridgehead atoms. The lowest BCUT2D eigenvalue weighted by atomic mass is 9.94. The molecule has 108 valence electrons. The zero-order valence-electron chi connectivity index (χ0n) is 11.5. The summed E-state index contributed by atoms with van der Waals surface area (Å²) in [6.45, 7) is 2.43. The molecule has 1 aromatic rings. The summed E-state index contributed by atoms with van der Waals surface area (Å²) < 4.78 is 0. The van der Waals surface area contributed by atoms with Crippen LogP contribution in [0.15, 0.2) is 30.3 Å². The number of hydrogen-bond donors (Lipinski definition) is 2. The van der Waals surface area contributed by atoms with Gasteiger partial charge >= 0.3 is 0 Å².